The Bertz CT molecular complexity index is 758. The van der Waals surface area contributed by atoms with Crippen LogP contribution < -0.4 is 10.2 Å². The number of non-ortho nitro benzene ring substituents is 1. The summed E-state index contributed by atoms with van der Waals surface area (Å²) >= 11 is 0. The molecule has 24 heavy (non-hydrogen) atoms. The van der Waals surface area contributed by atoms with Crippen molar-refractivity contribution in [3.63, 3.8) is 0 Å². The van der Waals surface area contributed by atoms with Crippen LogP contribution in [-0.4, -0.2) is 23.1 Å². The predicted octanol–water partition coefficient (Wildman–Crippen LogP) is 2.65. The van der Waals surface area contributed by atoms with Gasteiger partial charge in [0.25, 0.3) is 11.6 Å². The first-order chi connectivity index (χ1) is 11.5. The lowest BCUT2D eigenvalue weighted by Crippen LogP contribution is -2.25. The number of nitrogens with one attached hydrogen (secondary N) is 1. The zero-order valence-corrected chi connectivity index (χ0v) is 12.7. The largest absolute Gasteiger partial charge is 0.484 e. The van der Waals surface area contributed by atoms with Gasteiger partial charge in [-0.2, -0.15) is 5.10 Å². The molecule has 0 unspecified atom stereocenters. The van der Waals surface area contributed by atoms with Crippen LogP contribution in [0.15, 0.2) is 53.6 Å². The molecule has 124 valence electrons. The summed E-state index contributed by atoms with van der Waals surface area (Å²) in [4.78, 5) is 21.7. The van der Waals surface area contributed by atoms with E-state index in [9.17, 15) is 19.3 Å². The molecule has 8 heteroatoms. The number of rotatable bonds is 6. The zero-order valence-electron chi connectivity index (χ0n) is 12.7. The van der Waals surface area contributed by atoms with E-state index >= 15 is 0 Å². The quantitative estimate of drug-likeness (QED) is 0.500. The average molecular weight is 331 g/mol. The van der Waals surface area contributed by atoms with Crippen molar-refractivity contribution in [1.29, 1.82) is 0 Å². The normalized spacial score (nSPS) is 11.0. The molecule has 0 saturated heterocycles. The molecular formula is C16H14FN3O4. The number of hydrazone groups is 1. The van der Waals surface area contributed by atoms with Gasteiger partial charge in [-0.25, -0.2) is 9.82 Å². The van der Waals surface area contributed by atoms with Crippen LogP contribution in [0.3, 0.4) is 0 Å². The Kier molecular flexibility index (Phi) is 5.56. The van der Waals surface area contributed by atoms with Crippen LogP contribution in [0.25, 0.3) is 0 Å². The van der Waals surface area contributed by atoms with Crippen molar-refractivity contribution in [2.24, 2.45) is 5.10 Å². The maximum absolute atomic E-state index is 12.7. The lowest BCUT2D eigenvalue weighted by molar-refractivity contribution is -0.384. The predicted molar refractivity (Wildman–Crippen MR) is 85.3 cm³/mol. The molecule has 0 atom stereocenters. The molecule has 2 aromatic rings. The number of carbonyl (C=O) groups is 1. The van der Waals surface area contributed by atoms with Gasteiger partial charge in [0.15, 0.2) is 6.61 Å². The topological polar surface area (TPSA) is 93.8 Å². The SMILES string of the molecule is C/C(=N/NC(=O)COc1ccc(F)cc1)c1ccc([N+](=O)[O-])cc1. The number of halogens is 1. The third-order valence-corrected chi connectivity index (χ3v) is 3.03. The summed E-state index contributed by atoms with van der Waals surface area (Å²) in [5.41, 5.74) is 3.42. The Morgan fingerprint density at radius 3 is 2.42 bits per heavy atom. The molecule has 2 aromatic carbocycles. The second kappa shape index (κ2) is 7.82. The molecule has 7 nitrogen and oxygen atoms in total. The van der Waals surface area contributed by atoms with Crippen LogP contribution >= 0.6 is 0 Å². The Hall–Kier alpha value is -3.29. The Morgan fingerprint density at radius 2 is 1.83 bits per heavy atom. The summed E-state index contributed by atoms with van der Waals surface area (Å²) in [5, 5.41) is 14.5. The molecule has 0 fully saturated rings. The number of ether oxygens (including phenoxy) is 1. The summed E-state index contributed by atoms with van der Waals surface area (Å²) in [6.07, 6.45) is 0. The van der Waals surface area contributed by atoms with Crippen LogP contribution in [0.5, 0.6) is 5.75 Å². The van der Waals surface area contributed by atoms with Gasteiger partial charge >= 0.3 is 0 Å². The summed E-state index contributed by atoms with van der Waals surface area (Å²) in [6.45, 7) is 1.38. The van der Waals surface area contributed by atoms with E-state index in [4.69, 9.17) is 4.74 Å². The molecule has 0 heterocycles. The first-order valence-electron chi connectivity index (χ1n) is 6.92. The van der Waals surface area contributed by atoms with Crippen molar-refractivity contribution in [3.8, 4) is 5.75 Å². The van der Waals surface area contributed by atoms with Crippen molar-refractivity contribution in [3.05, 3.63) is 70.0 Å². The van der Waals surface area contributed by atoms with Crippen LogP contribution in [-0.2, 0) is 4.79 Å². The first kappa shape index (κ1) is 17.1. The number of benzene rings is 2. The van der Waals surface area contributed by atoms with Crippen molar-refractivity contribution in [2.45, 2.75) is 6.92 Å². The van der Waals surface area contributed by atoms with Crippen molar-refractivity contribution < 1.29 is 18.8 Å². The highest BCUT2D eigenvalue weighted by Gasteiger charge is 2.06. The van der Waals surface area contributed by atoms with Crippen LogP contribution in [0, 0.1) is 15.9 Å². The maximum atomic E-state index is 12.7. The van der Waals surface area contributed by atoms with Gasteiger partial charge in [-0.1, -0.05) is 0 Å². The van der Waals surface area contributed by atoms with E-state index in [0.29, 0.717) is 17.0 Å². The highest BCUT2D eigenvalue weighted by atomic mass is 19.1. The van der Waals surface area contributed by atoms with E-state index in [1.165, 1.54) is 48.5 Å². The standard InChI is InChI=1S/C16H14FN3O4/c1-11(12-2-6-14(7-3-12)20(22)23)18-19-16(21)10-24-15-8-4-13(17)5-9-15/h2-9H,10H2,1H3,(H,19,21)/b18-11-. The number of nitrogens with zero attached hydrogens (tertiary/aromatic N) is 2. The smallest absolute Gasteiger partial charge is 0.277 e. The molecule has 0 aliphatic carbocycles. The molecule has 0 aromatic heterocycles. The fraction of sp³-hybridized carbons (Fsp3) is 0.125. The van der Waals surface area contributed by atoms with Gasteiger partial charge in [0.2, 0.25) is 0 Å². The van der Waals surface area contributed by atoms with Crippen molar-refractivity contribution in [2.75, 3.05) is 6.61 Å². The highest BCUT2D eigenvalue weighted by Crippen LogP contribution is 2.12. The lowest BCUT2D eigenvalue weighted by Gasteiger charge is -2.05. The van der Waals surface area contributed by atoms with Gasteiger partial charge in [-0.05, 0) is 48.9 Å². The molecule has 0 spiro atoms. The molecule has 0 aliphatic heterocycles. The summed E-state index contributed by atoms with van der Waals surface area (Å²) in [7, 11) is 0. The third kappa shape index (κ3) is 4.87. The summed E-state index contributed by atoms with van der Waals surface area (Å²) in [5.74, 6) is -0.515. The molecule has 1 N–H and O–H groups in total. The number of nitro benzene ring substituents is 1. The van der Waals surface area contributed by atoms with Gasteiger partial charge in [0.05, 0.1) is 10.6 Å². The molecule has 0 radical (unpaired) electrons. The van der Waals surface area contributed by atoms with Gasteiger partial charge in [0, 0.05) is 12.1 Å². The van der Waals surface area contributed by atoms with E-state index < -0.39 is 16.6 Å². The molecular weight excluding hydrogens is 317 g/mol. The summed E-state index contributed by atoms with van der Waals surface area (Å²) in [6, 6.07) is 11.1. The Balaban J connectivity index is 1.87. The third-order valence-electron chi connectivity index (χ3n) is 3.03. The van der Waals surface area contributed by atoms with E-state index in [2.05, 4.69) is 10.5 Å². The first-order valence-corrected chi connectivity index (χ1v) is 6.92. The fourth-order valence-electron chi connectivity index (χ4n) is 1.75. The number of carbonyl (C=O) groups excluding carboxylic acids is 1. The van der Waals surface area contributed by atoms with Crippen LogP contribution in [0.1, 0.15) is 12.5 Å². The second-order valence-electron chi connectivity index (χ2n) is 4.78. The van der Waals surface area contributed by atoms with E-state index in [1.807, 2.05) is 0 Å². The zero-order chi connectivity index (χ0) is 17.5. The number of hydrogen-bond acceptors (Lipinski definition) is 5. The lowest BCUT2D eigenvalue weighted by atomic mass is 10.1. The van der Waals surface area contributed by atoms with E-state index in [0.717, 1.165) is 0 Å². The fourth-order valence-corrected chi connectivity index (χ4v) is 1.75. The number of amides is 1. The van der Waals surface area contributed by atoms with Crippen molar-refractivity contribution >= 4 is 17.3 Å². The summed E-state index contributed by atoms with van der Waals surface area (Å²) < 4.78 is 17.9. The highest BCUT2D eigenvalue weighted by molar-refractivity contribution is 5.99. The van der Waals surface area contributed by atoms with Gasteiger partial charge in [-0.15, -0.1) is 0 Å². The monoisotopic (exact) mass is 331 g/mol. The Morgan fingerprint density at radius 1 is 1.21 bits per heavy atom. The maximum Gasteiger partial charge on any atom is 0.277 e. The average Bonchev–Trinajstić information content (AvgIpc) is 2.59. The molecule has 2 rings (SSSR count). The van der Waals surface area contributed by atoms with E-state index in [1.54, 1.807) is 6.92 Å². The molecule has 1 amide bonds. The van der Waals surface area contributed by atoms with E-state index in [-0.39, 0.29) is 12.3 Å². The molecule has 0 aliphatic rings. The van der Waals surface area contributed by atoms with Gasteiger partial charge in [-0.3, -0.25) is 14.9 Å². The number of nitro groups is 1. The van der Waals surface area contributed by atoms with Crippen LogP contribution in [0.2, 0.25) is 0 Å². The molecule has 0 bridgehead atoms. The Labute approximate surface area is 136 Å². The van der Waals surface area contributed by atoms with Crippen LogP contribution in [0.4, 0.5) is 10.1 Å². The van der Waals surface area contributed by atoms with Crippen molar-refractivity contribution in [1.82, 2.24) is 5.43 Å². The minimum atomic E-state index is -0.495. The van der Waals surface area contributed by atoms with Gasteiger partial charge in [0.1, 0.15) is 11.6 Å². The number of hydrogen-bond donors (Lipinski definition) is 1. The molecule has 0 saturated carbocycles. The van der Waals surface area contributed by atoms with Gasteiger partial charge < -0.3 is 4.74 Å². The minimum absolute atomic E-state index is 0.0247. The second-order valence-corrected chi connectivity index (χ2v) is 4.78. The minimum Gasteiger partial charge on any atom is -0.484 e.